The minimum absolute atomic E-state index is 0.202. The molecule has 0 aliphatic heterocycles. The molecule has 5 heteroatoms. The third-order valence-electron chi connectivity index (χ3n) is 3.02. The van der Waals surface area contributed by atoms with E-state index >= 15 is 0 Å². The normalized spacial score (nSPS) is 12.3. The first kappa shape index (κ1) is 15.3. The van der Waals surface area contributed by atoms with Crippen molar-refractivity contribution < 1.29 is 13.5 Å². The van der Waals surface area contributed by atoms with Gasteiger partial charge in [0.2, 0.25) is 0 Å². The average molecular weight is 362 g/mol. The molecule has 1 nitrogen and oxygen atoms in total. The highest BCUT2D eigenvalue weighted by molar-refractivity contribution is 9.09. The molecule has 0 saturated carbocycles. The number of benzene rings is 2. The van der Waals surface area contributed by atoms with Crippen LogP contribution in [0.2, 0.25) is 5.02 Å². The van der Waals surface area contributed by atoms with Crippen molar-refractivity contribution >= 4 is 27.5 Å². The summed E-state index contributed by atoms with van der Waals surface area (Å²) in [5, 5.41) is 0.498. The third kappa shape index (κ3) is 2.96. The summed E-state index contributed by atoms with van der Waals surface area (Å²) >= 11 is 9.34. The van der Waals surface area contributed by atoms with Gasteiger partial charge in [0.05, 0.1) is 11.9 Å². The van der Waals surface area contributed by atoms with E-state index < -0.39 is 16.5 Å². The fourth-order valence-electron chi connectivity index (χ4n) is 1.93. The Morgan fingerprint density at radius 3 is 2.45 bits per heavy atom. The Morgan fingerprint density at radius 2 is 1.80 bits per heavy atom. The van der Waals surface area contributed by atoms with Gasteiger partial charge in [-0.05, 0) is 42.8 Å². The lowest BCUT2D eigenvalue weighted by molar-refractivity contribution is 0.410. The second-order valence-electron chi connectivity index (χ2n) is 4.37. The first-order valence-corrected chi connectivity index (χ1v) is 7.16. The molecule has 2 rings (SSSR count). The van der Waals surface area contributed by atoms with Crippen molar-refractivity contribution in [3.8, 4) is 5.75 Å². The number of methoxy groups -OCH3 is 1. The van der Waals surface area contributed by atoms with Crippen LogP contribution in [-0.4, -0.2) is 7.11 Å². The molecule has 0 aliphatic carbocycles. The number of ether oxygens (including phenoxy) is 1. The maximum absolute atomic E-state index is 14.0. The fraction of sp³-hybridized carbons (Fsp3) is 0.200. The Balaban J connectivity index is 2.54. The second-order valence-corrected chi connectivity index (χ2v) is 5.72. The lowest BCUT2D eigenvalue weighted by Gasteiger charge is -2.16. The molecule has 1 unspecified atom stereocenters. The molecule has 106 valence electrons. The highest BCUT2D eigenvalue weighted by atomic mass is 79.9. The molecule has 0 N–H and O–H groups in total. The van der Waals surface area contributed by atoms with E-state index in [1.165, 1.54) is 26.2 Å². The highest BCUT2D eigenvalue weighted by Gasteiger charge is 2.20. The molecule has 20 heavy (non-hydrogen) atoms. The number of hydrogen-bond acceptors (Lipinski definition) is 1. The van der Waals surface area contributed by atoms with E-state index in [1.807, 2.05) is 0 Å². The quantitative estimate of drug-likeness (QED) is 0.663. The molecule has 0 aromatic heterocycles. The summed E-state index contributed by atoms with van der Waals surface area (Å²) in [4.78, 5) is -0.550. The number of rotatable bonds is 3. The summed E-state index contributed by atoms with van der Waals surface area (Å²) in [5.41, 5.74) is 1.11. The number of halogens is 4. The van der Waals surface area contributed by atoms with Gasteiger partial charge in [-0.2, -0.15) is 0 Å². The van der Waals surface area contributed by atoms with Crippen LogP contribution in [0.4, 0.5) is 8.78 Å². The van der Waals surface area contributed by atoms with Crippen molar-refractivity contribution in [2.24, 2.45) is 0 Å². The van der Waals surface area contributed by atoms with Crippen molar-refractivity contribution in [2.45, 2.75) is 11.8 Å². The summed E-state index contributed by atoms with van der Waals surface area (Å²) in [7, 11) is 1.51. The highest BCUT2D eigenvalue weighted by Crippen LogP contribution is 2.39. The van der Waals surface area contributed by atoms with E-state index in [0.717, 1.165) is 0 Å². The minimum Gasteiger partial charge on any atom is -0.496 e. The number of aryl methyl sites for hydroxylation is 1. The van der Waals surface area contributed by atoms with Crippen LogP contribution < -0.4 is 4.74 Å². The Labute approximate surface area is 129 Å². The molecular weight excluding hydrogens is 350 g/mol. The Hall–Kier alpha value is -1.13. The van der Waals surface area contributed by atoms with Crippen LogP contribution in [0.1, 0.15) is 21.5 Å². The van der Waals surface area contributed by atoms with Gasteiger partial charge in [0, 0.05) is 16.1 Å². The lowest BCUT2D eigenvalue weighted by Crippen LogP contribution is -2.01. The molecule has 0 radical (unpaired) electrons. The van der Waals surface area contributed by atoms with E-state index in [4.69, 9.17) is 16.3 Å². The van der Waals surface area contributed by atoms with E-state index in [9.17, 15) is 8.78 Å². The molecule has 0 spiro atoms. The molecular formula is C15H12BrClF2O. The van der Waals surface area contributed by atoms with Crippen LogP contribution >= 0.6 is 27.5 Å². The minimum atomic E-state index is -0.550. The molecule has 0 aliphatic rings. The van der Waals surface area contributed by atoms with Gasteiger partial charge in [0.1, 0.15) is 17.4 Å². The van der Waals surface area contributed by atoms with Crippen molar-refractivity contribution in [2.75, 3.05) is 7.11 Å². The van der Waals surface area contributed by atoms with Crippen LogP contribution in [-0.2, 0) is 0 Å². The molecule has 1 atom stereocenters. The summed E-state index contributed by atoms with van der Waals surface area (Å²) in [6.45, 7) is 1.52. The summed E-state index contributed by atoms with van der Waals surface area (Å²) in [6, 6.07) is 7.39. The summed E-state index contributed by atoms with van der Waals surface area (Å²) in [5.74, 6) is -0.378. The van der Waals surface area contributed by atoms with Crippen LogP contribution in [0, 0.1) is 18.6 Å². The van der Waals surface area contributed by atoms with Gasteiger partial charge in [0.25, 0.3) is 0 Å². The van der Waals surface area contributed by atoms with Crippen molar-refractivity contribution in [1.29, 1.82) is 0 Å². The zero-order valence-electron chi connectivity index (χ0n) is 10.9. The Bertz CT molecular complexity index is 646. The summed E-state index contributed by atoms with van der Waals surface area (Å²) < 4.78 is 32.9. The standard InChI is InChI=1S/C15H12BrClF2O/c1-8-5-13(19)10(7-12(8)18)15(16)11-6-9(17)3-4-14(11)20-2/h3-7,15H,1-2H3. The fourth-order valence-corrected chi connectivity index (χ4v) is 2.82. The van der Waals surface area contributed by atoms with Gasteiger partial charge >= 0.3 is 0 Å². The Morgan fingerprint density at radius 1 is 1.10 bits per heavy atom. The SMILES string of the molecule is COc1ccc(Cl)cc1C(Br)c1cc(F)c(C)cc1F. The van der Waals surface area contributed by atoms with Gasteiger partial charge in [-0.25, -0.2) is 8.78 Å². The van der Waals surface area contributed by atoms with Crippen molar-refractivity contribution in [3.63, 3.8) is 0 Å². The monoisotopic (exact) mass is 360 g/mol. The molecule has 0 amide bonds. The maximum atomic E-state index is 14.0. The van der Waals surface area contributed by atoms with E-state index in [-0.39, 0.29) is 11.1 Å². The van der Waals surface area contributed by atoms with Gasteiger partial charge in [-0.15, -0.1) is 0 Å². The number of alkyl halides is 1. The van der Waals surface area contributed by atoms with E-state index in [0.29, 0.717) is 16.3 Å². The second kappa shape index (κ2) is 6.10. The predicted molar refractivity (Wildman–Crippen MR) is 79.9 cm³/mol. The van der Waals surface area contributed by atoms with Crippen molar-refractivity contribution in [1.82, 2.24) is 0 Å². The van der Waals surface area contributed by atoms with Gasteiger partial charge < -0.3 is 4.74 Å². The lowest BCUT2D eigenvalue weighted by atomic mass is 10.0. The molecule has 2 aromatic carbocycles. The van der Waals surface area contributed by atoms with Crippen LogP contribution in [0.3, 0.4) is 0 Å². The number of hydrogen-bond donors (Lipinski definition) is 0. The van der Waals surface area contributed by atoms with Gasteiger partial charge in [-0.1, -0.05) is 27.5 Å². The first-order chi connectivity index (χ1) is 9.43. The topological polar surface area (TPSA) is 9.23 Å². The van der Waals surface area contributed by atoms with Crippen molar-refractivity contribution in [3.05, 3.63) is 63.7 Å². The summed E-state index contributed by atoms with van der Waals surface area (Å²) in [6.07, 6.45) is 0. The van der Waals surface area contributed by atoms with Crippen LogP contribution in [0.15, 0.2) is 30.3 Å². The predicted octanol–water partition coefficient (Wildman–Crippen LogP) is 5.42. The smallest absolute Gasteiger partial charge is 0.128 e. The average Bonchev–Trinajstić information content (AvgIpc) is 2.42. The largest absolute Gasteiger partial charge is 0.496 e. The first-order valence-electron chi connectivity index (χ1n) is 5.87. The van der Waals surface area contributed by atoms with Crippen LogP contribution in [0.5, 0.6) is 5.75 Å². The maximum Gasteiger partial charge on any atom is 0.128 e. The molecule has 0 saturated heterocycles. The van der Waals surface area contributed by atoms with Crippen LogP contribution in [0.25, 0.3) is 0 Å². The zero-order chi connectivity index (χ0) is 14.9. The molecule has 2 aromatic rings. The zero-order valence-corrected chi connectivity index (χ0v) is 13.2. The van der Waals surface area contributed by atoms with Gasteiger partial charge in [-0.3, -0.25) is 0 Å². The molecule has 0 heterocycles. The van der Waals surface area contributed by atoms with E-state index in [1.54, 1.807) is 18.2 Å². The van der Waals surface area contributed by atoms with E-state index in [2.05, 4.69) is 15.9 Å². The molecule has 0 bridgehead atoms. The van der Waals surface area contributed by atoms with Gasteiger partial charge in [0.15, 0.2) is 0 Å². The molecule has 0 fully saturated rings. The Kier molecular flexibility index (Phi) is 4.66. The third-order valence-corrected chi connectivity index (χ3v) is 4.24.